The maximum Gasteiger partial charge on any atom is 0.238 e. The fourth-order valence-corrected chi connectivity index (χ4v) is 2.77. The Morgan fingerprint density at radius 3 is 3.05 bits per heavy atom. The van der Waals surface area contributed by atoms with E-state index in [1.807, 2.05) is 31.2 Å². The molecule has 4 nitrogen and oxygen atoms in total. The fraction of sp³-hybridized carbons (Fsp3) is 0.500. The van der Waals surface area contributed by atoms with E-state index in [2.05, 4.69) is 26.1 Å². The number of nitrogens with one attached hydrogen (secondary N) is 1. The Morgan fingerprint density at radius 1 is 1.63 bits per heavy atom. The van der Waals surface area contributed by atoms with Crippen LogP contribution in [-0.4, -0.2) is 41.7 Å². The van der Waals surface area contributed by atoms with Crippen LogP contribution in [0.25, 0.3) is 0 Å². The van der Waals surface area contributed by atoms with Crippen LogP contribution in [0.3, 0.4) is 0 Å². The van der Waals surface area contributed by atoms with Crippen LogP contribution in [0.4, 0.5) is 5.69 Å². The molecule has 0 aromatic heterocycles. The summed E-state index contributed by atoms with van der Waals surface area (Å²) in [5, 5.41) is 12.4. The Morgan fingerprint density at radius 2 is 2.42 bits per heavy atom. The lowest BCUT2D eigenvalue weighted by atomic mass is 10.0. The first-order valence-corrected chi connectivity index (χ1v) is 7.30. The highest BCUT2D eigenvalue weighted by Crippen LogP contribution is 2.20. The second-order valence-corrected chi connectivity index (χ2v) is 6.00. The van der Waals surface area contributed by atoms with Gasteiger partial charge in [0.2, 0.25) is 5.91 Å². The van der Waals surface area contributed by atoms with Gasteiger partial charge in [0.15, 0.2) is 0 Å². The molecule has 1 aromatic rings. The summed E-state index contributed by atoms with van der Waals surface area (Å²) in [4.78, 5) is 14.0. The van der Waals surface area contributed by atoms with Crippen LogP contribution in [0, 0.1) is 5.92 Å². The Hall–Kier alpha value is -0.910. The van der Waals surface area contributed by atoms with Crippen molar-refractivity contribution >= 4 is 27.5 Å². The van der Waals surface area contributed by atoms with Gasteiger partial charge < -0.3 is 10.4 Å². The number of amides is 1. The van der Waals surface area contributed by atoms with Crippen molar-refractivity contribution in [3.05, 3.63) is 28.7 Å². The van der Waals surface area contributed by atoms with Gasteiger partial charge in [-0.3, -0.25) is 9.69 Å². The number of nitrogens with zero attached hydrogens (tertiary/aromatic N) is 1. The Balaban J connectivity index is 1.82. The summed E-state index contributed by atoms with van der Waals surface area (Å²) in [7, 11) is 0. The number of hydrogen-bond donors (Lipinski definition) is 2. The molecule has 19 heavy (non-hydrogen) atoms. The van der Waals surface area contributed by atoms with Gasteiger partial charge in [-0.05, 0) is 44.0 Å². The van der Waals surface area contributed by atoms with Gasteiger partial charge in [-0.15, -0.1) is 0 Å². The topological polar surface area (TPSA) is 52.6 Å². The molecule has 1 amide bonds. The van der Waals surface area contributed by atoms with Crippen LogP contribution in [-0.2, 0) is 4.79 Å². The van der Waals surface area contributed by atoms with Crippen molar-refractivity contribution in [2.75, 3.05) is 25.0 Å². The van der Waals surface area contributed by atoms with Crippen LogP contribution >= 0.6 is 15.9 Å². The van der Waals surface area contributed by atoms with E-state index < -0.39 is 0 Å². The molecule has 2 atom stereocenters. The molecule has 0 bridgehead atoms. The highest BCUT2D eigenvalue weighted by Gasteiger charge is 2.26. The zero-order valence-electron chi connectivity index (χ0n) is 11.0. The van der Waals surface area contributed by atoms with Gasteiger partial charge in [-0.25, -0.2) is 0 Å². The minimum atomic E-state index is -0.293. The molecule has 0 aliphatic carbocycles. The maximum absolute atomic E-state index is 11.9. The molecular weight excluding hydrogens is 308 g/mol. The largest absolute Gasteiger partial charge is 0.393 e. The van der Waals surface area contributed by atoms with Gasteiger partial charge in [0.25, 0.3) is 0 Å². The summed E-state index contributed by atoms with van der Waals surface area (Å²) in [6.07, 6.45) is 0.667. The summed E-state index contributed by atoms with van der Waals surface area (Å²) >= 11 is 3.37. The summed E-state index contributed by atoms with van der Waals surface area (Å²) in [5.41, 5.74) is 0.797. The number of carbonyl (C=O) groups is 1. The third kappa shape index (κ3) is 4.30. The third-order valence-corrected chi connectivity index (χ3v) is 3.96. The van der Waals surface area contributed by atoms with Crippen LogP contribution in [0.2, 0.25) is 0 Å². The molecule has 2 unspecified atom stereocenters. The molecule has 1 aliphatic heterocycles. The molecule has 0 radical (unpaired) electrons. The summed E-state index contributed by atoms with van der Waals surface area (Å²) in [5.74, 6) is 0.281. The first kappa shape index (κ1) is 14.5. The van der Waals surface area contributed by atoms with Gasteiger partial charge in [-0.2, -0.15) is 0 Å². The maximum atomic E-state index is 11.9. The fourth-order valence-electron chi connectivity index (χ4n) is 2.37. The first-order valence-electron chi connectivity index (χ1n) is 6.50. The van der Waals surface area contributed by atoms with Crippen molar-refractivity contribution in [3.63, 3.8) is 0 Å². The van der Waals surface area contributed by atoms with Crippen molar-refractivity contribution in [3.8, 4) is 0 Å². The molecule has 1 fully saturated rings. The number of benzene rings is 1. The van der Waals surface area contributed by atoms with Gasteiger partial charge in [0.1, 0.15) is 0 Å². The molecule has 1 heterocycles. The van der Waals surface area contributed by atoms with Crippen molar-refractivity contribution in [1.82, 2.24) is 4.90 Å². The average molecular weight is 327 g/mol. The standard InChI is InChI=1S/C14H19BrN2O2/c1-10(18)11-5-6-17(8-11)9-14(19)16-13-4-2-3-12(15)7-13/h2-4,7,10-11,18H,5-6,8-9H2,1H3,(H,16,19). The number of halogens is 1. The van der Waals surface area contributed by atoms with Crippen LogP contribution < -0.4 is 5.32 Å². The van der Waals surface area contributed by atoms with Gasteiger partial charge >= 0.3 is 0 Å². The Kier molecular flexibility index (Phi) is 4.96. The molecule has 2 rings (SSSR count). The first-order chi connectivity index (χ1) is 9.04. The highest BCUT2D eigenvalue weighted by molar-refractivity contribution is 9.10. The summed E-state index contributed by atoms with van der Waals surface area (Å²) in [6, 6.07) is 7.55. The van der Waals surface area contributed by atoms with E-state index in [4.69, 9.17) is 0 Å². The van der Waals surface area contributed by atoms with Crippen molar-refractivity contribution in [2.24, 2.45) is 5.92 Å². The zero-order valence-corrected chi connectivity index (χ0v) is 12.6. The lowest BCUT2D eigenvalue weighted by Gasteiger charge is -2.17. The monoisotopic (exact) mass is 326 g/mol. The number of anilines is 1. The van der Waals surface area contributed by atoms with E-state index in [1.54, 1.807) is 0 Å². The molecule has 0 saturated carbocycles. The van der Waals surface area contributed by atoms with E-state index in [0.29, 0.717) is 12.5 Å². The average Bonchev–Trinajstić information content (AvgIpc) is 2.77. The molecule has 1 aromatic carbocycles. The predicted octanol–water partition coefficient (Wildman–Crippen LogP) is 2.09. The predicted molar refractivity (Wildman–Crippen MR) is 79.0 cm³/mol. The number of hydrogen-bond acceptors (Lipinski definition) is 3. The molecule has 1 aliphatic rings. The van der Waals surface area contributed by atoms with E-state index in [0.717, 1.165) is 29.7 Å². The Labute approximate surface area is 121 Å². The van der Waals surface area contributed by atoms with Crippen molar-refractivity contribution < 1.29 is 9.90 Å². The third-order valence-electron chi connectivity index (χ3n) is 3.47. The number of aliphatic hydroxyl groups is 1. The minimum absolute atomic E-state index is 0.00987. The zero-order chi connectivity index (χ0) is 13.8. The minimum Gasteiger partial charge on any atom is -0.393 e. The van der Waals surface area contributed by atoms with Crippen LogP contribution in [0.5, 0.6) is 0 Å². The van der Waals surface area contributed by atoms with E-state index in [9.17, 15) is 9.90 Å². The van der Waals surface area contributed by atoms with Gasteiger partial charge in [-0.1, -0.05) is 22.0 Å². The normalized spacial score (nSPS) is 21.3. The molecule has 1 saturated heterocycles. The number of rotatable bonds is 4. The van der Waals surface area contributed by atoms with Crippen LogP contribution in [0.1, 0.15) is 13.3 Å². The lowest BCUT2D eigenvalue weighted by Crippen LogP contribution is -2.32. The SMILES string of the molecule is CC(O)C1CCN(CC(=O)Nc2cccc(Br)c2)C1. The van der Waals surface area contributed by atoms with E-state index >= 15 is 0 Å². The van der Waals surface area contributed by atoms with Gasteiger partial charge in [0.05, 0.1) is 12.6 Å². The quantitative estimate of drug-likeness (QED) is 0.890. The van der Waals surface area contributed by atoms with Crippen molar-refractivity contribution in [2.45, 2.75) is 19.4 Å². The second kappa shape index (κ2) is 6.50. The number of carbonyl (C=O) groups excluding carboxylic acids is 1. The van der Waals surface area contributed by atoms with E-state index in [1.165, 1.54) is 0 Å². The molecule has 2 N–H and O–H groups in total. The Bertz CT molecular complexity index is 451. The van der Waals surface area contributed by atoms with E-state index in [-0.39, 0.29) is 12.0 Å². The summed E-state index contributed by atoms with van der Waals surface area (Å²) < 4.78 is 0.945. The number of likely N-dealkylation sites (tertiary alicyclic amines) is 1. The molecule has 0 spiro atoms. The lowest BCUT2D eigenvalue weighted by molar-refractivity contribution is -0.117. The molecular formula is C14H19BrN2O2. The highest BCUT2D eigenvalue weighted by atomic mass is 79.9. The number of aliphatic hydroxyl groups excluding tert-OH is 1. The molecule has 104 valence electrons. The second-order valence-electron chi connectivity index (χ2n) is 5.08. The smallest absolute Gasteiger partial charge is 0.238 e. The van der Waals surface area contributed by atoms with Crippen molar-refractivity contribution in [1.29, 1.82) is 0 Å². The van der Waals surface area contributed by atoms with Crippen LogP contribution in [0.15, 0.2) is 28.7 Å². The molecule has 5 heteroatoms. The summed E-state index contributed by atoms with van der Waals surface area (Å²) in [6.45, 7) is 3.87. The van der Waals surface area contributed by atoms with Gasteiger partial charge in [0, 0.05) is 16.7 Å².